The lowest BCUT2D eigenvalue weighted by molar-refractivity contribution is -0.132. The monoisotopic (exact) mass is 273 g/mol. The van der Waals surface area contributed by atoms with Crippen molar-refractivity contribution in [3.05, 3.63) is 35.9 Å². The maximum absolute atomic E-state index is 12.0. The zero-order valence-corrected chi connectivity index (χ0v) is 11.7. The summed E-state index contributed by atoms with van der Waals surface area (Å²) in [6, 6.07) is 7.17. The summed E-state index contributed by atoms with van der Waals surface area (Å²) >= 11 is 0. The van der Waals surface area contributed by atoms with Crippen molar-refractivity contribution in [3.8, 4) is 5.75 Å². The number of amides is 1. The molecule has 0 spiro atoms. The summed E-state index contributed by atoms with van der Waals surface area (Å²) in [6.07, 6.45) is 6.60. The van der Waals surface area contributed by atoms with Gasteiger partial charge in [-0.2, -0.15) is 0 Å². The van der Waals surface area contributed by atoms with Gasteiger partial charge in [0.05, 0.1) is 0 Å². The number of piperidine rings is 1. The van der Waals surface area contributed by atoms with E-state index in [0.717, 1.165) is 31.5 Å². The van der Waals surface area contributed by atoms with Crippen LogP contribution in [0.25, 0.3) is 6.08 Å². The van der Waals surface area contributed by atoms with E-state index in [1.165, 1.54) is 13.3 Å². The highest BCUT2D eigenvalue weighted by Gasteiger charge is 2.13. The topological polar surface area (TPSA) is 46.6 Å². The highest BCUT2D eigenvalue weighted by atomic mass is 16.5. The van der Waals surface area contributed by atoms with Crippen molar-refractivity contribution in [2.24, 2.45) is 0 Å². The largest absolute Gasteiger partial charge is 0.426 e. The zero-order valence-electron chi connectivity index (χ0n) is 11.7. The molecule has 1 aromatic carbocycles. The van der Waals surface area contributed by atoms with Crippen LogP contribution in [0.3, 0.4) is 0 Å². The molecule has 1 fully saturated rings. The summed E-state index contributed by atoms with van der Waals surface area (Å²) in [5.74, 6) is 0.123. The van der Waals surface area contributed by atoms with Crippen molar-refractivity contribution in [3.63, 3.8) is 0 Å². The lowest BCUT2D eigenvalue weighted by Crippen LogP contribution is -2.34. The van der Waals surface area contributed by atoms with Crippen LogP contribution in [0.1, 0.15) is 31.7 Å². The molecule has 1 aromatic rings. The molecule has 0 N–H and O–H groups in total. The van der Waals surface area contributed by atoms with Crippen LogP contribution in [0.4, 0.5) is 0 Å². The molecule has 0 aliphatic carbocycles. The van der Waals surface area contributed by atoms with Crippen LogP contribution in [0, 0.1) is 0 Å². The van der Waals surface area contributed by atoms with Crippen LogP contribution >= 0.6 is 0 Å². The van der Waals surface area contributed by atoms with Crippen LogP contribution in [-0.2, 0) is 9.59 Å². The van der Waals surface area contributed by atoms with Gasteiger partial charge < -0.3 is 9.64 Å². The number of hydrogen-bond acceptors (Lipinski definition) is 3. The first kappa shape index (κ1) is 14.3. The number of nitrogens with zero attached hydrogens (tertiary/aromatic N) is 1. The van der Waals surface area contributed by atoms with Crippen LogP contribution < -0.4 is 4.74 Å². The SMILES string of the molecule is CC(=O)Oc1ccccc1C=CC(=O)N1CCCCC1. The molecule has 4 heteroatoms. The van der Waals surface area contributed by atoms with E-state index < -0.39 is 0 Å². The normalized spacial score (nSPS) is 15.3. The fourth-order valence-corrected chi connectivity index (χ4v) is 2.25. The molecule has 0 atom stereocenters. The fourth-order valence-electron chi connectivity index (χ4n) is 2.25. The predicted molar refractivity (Wildman–Crippen MR) is 77.2 cm³/mol. The van der Waals surface area contributed by atoms with E-state index in [-0.39, 0.29) is 11.9 Å². The lowest BCUT2D eigenvalue weighted by atomic mass is 10.1. The molecular formula is C16H19NO3. The lowest BCUT2D eigenvalue weighted by Gasteiger charge is -2.25. The zero-order chi connectivity index (χ0) is 14.4. The van der Waals surface area contributed by atoms with Gasteiger partial charge in [-0.1, -0.05) is 18.2 Å². The minimum atomic E-state index is -0.367. The number of likely N-dealkylation sites (tertiary alicyclic amines) is 1. The number of carbonyl (C=O) groups is 2. The Hall–Kier alpha value is -2.10. The number of rotatable bonds is 3. The molecule has 1 saturated heterocycles. The van der Waals surface area contributed by atoms with E-state index >= 15 is 0 Å². The second kappa shape index (κ2) is 6.89. The summed E-state index contributed by atoms with van der Waals surface area (Å²) in [5, 5.41) is 0. The predicted octanol–water partition coefficient (Wildman–Crippen LogP) is 2.64. The van der Waals surface area contributed by atoms with Gasteiger partial charge in [-0.05, 0) is 31.4 Å². The molecule has 1 heterocycles. The van der Waals surface area contributed by atoms with Crippen molar-refractivity contribution in [1.82, 2.24) is 4.90 Å². The van der Waals surface area contributed by atoms with Crippen molar-refractivity contribution < 1.29 is 14.3 Å². The standard InChI is InChI=1S/C16H19NO3/c1-13(18)20-15-8-4-3-7-14(15)9-10-16(19)17-11-5-2-6-12-17/h3-4,7-10H,2,5-6,11-12H2,1H3. The first-order valence-corrected chi connectivity index (χ1v) is 6.91. The van der Waals surface area contributed by atoms with Crippen LogP contribution in [0.5, 0.6) is 5.75 Å². The van der Waals surface area contributed by atoms with Gasteiger partial charge in [-0.15, -0.1) is 0 Å². The van der Waals surface area contributed by atoms with E-state index in [2.05, 4.69) is 0 Å². The van der Waals surface area contributed by atoms with Gasteiger partial charge in [0, 0.05) is 31.7 Å². The molecule has 0 unspecified atom stereocenters. The first-order chi connectivity index (χ1) is 9.66. The minimum absolute atomic E-state index is 0.0160. The molecule has 0 saturated carbocycles. The van der Waals surface area contributed by atoms with Gasteiger partial charge in [0.2, 0.25) is 5.91 Å². The highest BCUT2D eigenvalue weighted by Crippen LogP contribution is 2.20. The molecule has 1 aliphatic heterocycles. The molecular weight excluding hydrogens is 254 g/mol. The number of hydrogen-bond donors (Lipinski definition) is 0. The minimum Gasteiger partial charge on any atom is -0.426 e. The molecule has 0 bridgehead atoms. The van der Waals surface area contributed by atoms with Gasteiger partial charge in [0.25, 0.3) is 0 Å². The number of benzene rings is 1. The van der Waals surface area contributed by atoms with Crippen molar-refractivity contribution >= 4 is 18.0 Å². The molecule has 1 amide bonds. The average molecular weight is 273 g/mol. The third-order valence-electron chi connectivity index (χ3n) is 3.25. The molecule has 4 nitrogen and oxygen atoms in total. The Kier molecular flexibility index (Phi) is 4.93. The Labute approximate surface area is 119 Å². The second-order valence-corrected chi connectivity index (χ2v) is 4.85. The van der Waals surface area contributed by atoms with Gasteiger partial charge in [-0.25, -0.2) is 0 Å². The van der Waals surface area contributed by atoms with Crippen molar-refractivity contribution in [1.29, 1.82) is 0 Å². The Morgan fingerprint density at radius 2 is 1.85 bits per heavy atom. The van der Waals surface area contributed by atoms with E-state index in [1.54, 1.807) is 24.3 Å². The summed E-state index contributed by atoms with van der Waals surface area (Å²) in [7, 11) is 0. The smallest absolute Gasteiger partial charge is 0.308 e. The molecule has 2 rings (SSSR count). The molecule has 0 radical (unpaired) electrons. The third kappa shape index (κ3) is 3.95. The molecule has 20 heavy (non-hydrogen) atoms. The Morgan fingerprint density at radius 1 is 1.15 bits per heavy atom. The Balaban J connectivity index is 2.06. The van der Waals surface area contributed by atoms with E-state index in [1.807, 2.05) is 17.0 Å². The van der Waals surface area contributed by atoms with Crippen LogP contribution in [0.15, 0.2) is 30.3 Å². The molecule has 106 valence electrons. The number of esters is 1. The maximum atomic E-state index is 12.0. The van der Waals surface area contributed by atoms with Crippen molar-refractivity contribution in [2.75, 3.05) is 13.1 Å². The number of ether oxygens (including phenoxy) is 1. The maximum Gasteiger partial charge on any atom is 0.308 e. The summed E-state index contributed by atoms with van der Waals surface area (Å²) in [5.41, 5.74) is 0.730. The quantitative estimate of drug-likeness (QED) is 0.483. The van der Waals surface area contributed by atoms with Gasteiger partial charge in [0.15, 0.2) is 0 Å². The highest BCUT2D eigenvalue weighted by molar-refractivity contribution is 5.92. The molecule has 0 aromatic heterocycles. The Morgan fingerprint density at radius 3 is 2.55 bits per heavy atom. The van der Waals surface area contributed by atoms with Crippen LogP contribution in [0.2, 0.25) is 0 Å². The number of para-hydroxylation sites is 1. The first-order valence-electron chi connectivity index (χ1n) is 6.91. The van der Waals surface area contributed by atoms with Crippen LogP contribution in [-0.4, -0.2) is 29.9 Å². The number of carbonyl (C=O) groups excluding carboxylic acids is 2. The third-order valence-corrected chi connectivity index (χ3v) is 3.25. The summed E-state index contributed by atoms with van der Waals surface area (Å²) in [6.45, 7) is 3.02. The van der Waals surface area contributed by atoms with E-state index in [0.29, 0.717) is 5.75 Å². The Bertz CT molecular complexity index is 516. The fraction of sp³-hybridized carbons (Fsp3) is 0.375. The second-order valence-electron chi connectivity index (χ2n) is 4.85. The molecule has 1 aliphatic rings. The van der Waals surface area contributed by atoms with Gasteiger partial charge in [0.1, 0.15) is 5.75 Å². The van der Waals surface area contributed by atoms with E-state index in [9.17, 15) is 9.59 Å². The van der Waals surface area contributed by atoms with Crippen molar-refractivity contribution in [2.45, 2.75) is 26.2 Å². The summed E-state index contributed by atoms with van der Waals surface area (Å²) in [4.78, 5) is 24.9. The average Bonchev–Trinajstić information content (AvgIpc) is 2.46. The summed E-state index contributed by atoms with van der Waals surface area (Å²) < 4.78 is 5.11. The van der Waals surface area contributed by atoms with Gasteiger partial charge >= 0.3 is 5.97 Å². The van der Waals surface area contributed by atoms with E-state index in [4.69, 9.17) is 4.74 Å². The van der Waals surface area contributed by atoms with Gasteiger partial charge in [-0.3, -0.25) is 9.59 Å².